The second kappa shape index (κ2) is 7.08. The van der Waals surface area contributed by atoms with Crippen LogP contribution in [0.15, 0.2) is 40.1 Å². The lowest BCUT2D eigenvalue weighted by Gasteiger charge is -2.42. The van der Waals surface area contributed by atoms with Crippen molar-refractivity contribution in [1.82, 2.24) is 24.4 Å². The minimum absolute atomic E-state index is 0.0565. The molecule has 0 unspecified atom stereocenters. The number of nitrogen functional groups attached to an aromatic ring is 1. The van der Waals surface area contributed by atoms with Crippen molar-refractivity contribution in [3.8, 4) is 11.3 Å². The van der Waals surface area contributed by atoms with Crippen molar-refractivity contribution in [3.05, 3.63) is 58.4 Å². The molecule has 30 heavy (non-hydrogen) atoms. The molecule has 0 aliphatic carbocycles. The number of fused-ring (bicyclic) bond motifs is 4. The minimum atomic E-state index is -0.106. The molecule has 2 bridgehead atoms. The van der Waals surface area contributed by atoms with E-state index in [9.17, 15) is 9.59 Å². The van der Waals surface area contributed by atoms with E-state index in [1.165, 1.54) is 12.7 Å². The topological polar surface area (TPSA) is 120 Å². The maximum atomic E-state index is 13.1. The number of rotatable bonds is 3. The summed E-state index contributed by atoms with van der Waals surface area (Å²) in [5, 5.41) is 0. The van der Waals surface area contributed by atoms with E-state index >= 15 is 0 Å². The first-order valence-corrected chi connectivity index (χ1v) is 10.1. The SMILES string of the molecule is CCc1ocnc1C(=O)N1C[C@@H]2C[C@H](C1)c1cc(-c3cc(N)ncn3)cc(=O)n1C2. The quantitative estimate of drug-likeness (QED) is 0.703. The number of oxazole rings is 1. The van der Waals surface area contributed by atoms with Crippen molar-refractivity contribution in [2.24, 2.45) is 5.92 Å². The van der Waals surface area contributed by atoms with Gasteiger partial charge in [0.25, 0.3) is 11.5 Å². The molecule has 0 radical (unpaired) electrons. The van der Waals surface area contributed by atoms with Gasteiger partial charge in [-0.05, 0) is 18.4 Å². The molecule has 1 fully saturated rings. The van der Waals surface area contributed by atoms with Crippen LogP contribution < -0.4 is 11.3 Å². The summed E-state index contributed by atoms with van der Waals surface area (Å²) in [5.74, 6) is 1.16. The van der Waals surface area contributed by atoms with Crippen LogP contribution in [0.3, 0.4) is 0 Å². The van der Waals surface area contributed by atoms with Gasteiger partial charge in [-0.15, -0.1) is 0 Å². The van der Waals surface area contributed by atoms with Gasteiger partial charge in [-0.1, -0.05) is 6.92 Å². The highest BCUT2D eigenvalue weighted by atomic mass is 16.3. The standard InChI is InChI=1S/C21H22N6O3/c1-2-17-20(25-11-30-17)21(29)26-7-12-3-14(9-26)16-4-13(5-19(28)27(16)8-12)15-6-18(22)24-10-23-15/h4-6,10-12,14H,2-3,7-9H2,1H3,(H2,22,23,24)/t12-,14+/m0/s1. The Morgan fingerprint density at radius 2 is 2.07 bits per heavy atom. The highest BCUT2D eigenvalue weighted by Gasteiger charge is 2.38. The maximum absolute atomic E-state index is 13.1. The van der Waals surface area contributed by atoms with Crippen LogP contribution in [0.1, 0.15) is 41.2 Å². The number of pyridine rings is 1. The summed E-state index contributed by atoms with van der Waals surface area (Å²) in [5.41, 5.74) is 8.37. The third kappa shape index (κ3) is 3.06. The van der Waals surface area contributed by atoms with E-state index < -0.39 is 0 Å². The lowest BCUT2D eigenvalue weighted by molar-refractivity contribution is 0.0587. The summed E-state index contributed by atoms with van der Waals surface area (Å²) >= 11 is 0. The van der Waals surface area contributed by atoms with Crippen molar-refractivity contribution in [3.63, 3.8) is 0 Å². The summed E-state index contributed by atoms with van der Waals surface area (Å²) in [6.07, 6.45) is 4.27. The number of carbonyl (C=O) groups excluding carboxylic acids is 1. The third-order valence-electron chi connectivity index (χ3n) is 5.99. The molecule has 3 aromatic heterocycles. The van der Waals surface area contributed by atoms with Crippen LogP contribution in [0.2, 0.25) is 0 Å². The lowest BCUT2D eigenvalue weighted by atomic mass is 9.82. The first-order valence-electron chi connectivity index (χ1n) is 10.1. The van der Waals surface area contributed by atoms with Crippen LogP contribution in [-0.4, -0.2) is 43.4 Å². The van der Waals surface area contributed by atoms with E-state index in [1.54, 1.807) is 12.1 Å². The zero-order chi connectivity index (χ0) is 20.8. The monoisotopic (exact) mass is 406 g/mol. The summed E-state index contributed by atoms with van der Waals surface area (Å²) in [6, 6.07) is 5.24. The number of hydrogen-bond acceptors (Lipinski definition) is 7. The molecule has 0 spiro atoms. The van der Waals surface area contributed by atoms with Crippen LogP contribution in [0.4, 0.5) is 5.82 Å². The summed E-state index contributed by atoms with van der Waals surface area (Å²) in [6.45, 7) is 3.69. The number of piperidine rings is 1. The van der Waals surface area contributed by atoms with Gasteiger partial charge in [-0.3, -0.25) is 9.59 Å². The van der Waals surface area contributed by atoms with Gasteiger partial charge in [0.1, 0.15) is 17.9 Å². The van der Waals surface area contributed by atoms with Gasteiger partial charge in [-0.25, -0.2) is 15.0 Å². The van der Waals surface area contributed by atoms with Gasteiger partial charge in [0.15, 0.2) is 12.1 Å². The molecule has 0 aromatic carbocycles. The van der Waals surface area contributed by atoms with Gasteiger partial charge < -0.3 is 19.6 Å². The third-order valence-corrected chi connectivity index (χ3v) is 5.99. The number of likely N-dealkylation sites (tertiary alicyclic amines) is 1. The summed E-state index contributed by atoms with van der Waals surface area (Å²) in [4.78, 5) is 40.1. The van der Waals surface area contributed by atoms with E-state index in [0.29, 0.717) is 54.6 Å². The number of hydrogen-bond donors (Lipinski definition) is 1. The van der Waals surface area contributed by atoms with Gasteiger partial charge >= 0.3 is 0 Å². The molecule has 0 saturated carbocycles. The molecule has 2 aliphatic heterocycles. The van der Waals surface area contributed by atoms with Gasteiger partial charge in [0, 0.05) is 55.4 Å². The molecular formula is C21H22N6O3. The predicted molar refractivity (Wildman–Crippen MR) is 109 cm³/mol. The number of nitrogens with zero attached hydrogens (tertiary/aromatic N) is 5. The summed E-state index contributed by atoms with van der Waals surface area (Å²) in [7, 11) is 0. The van der Waals surface area contributed by atoms with E-state index in [1.807, 2.05) is 22.5 Å². The Morgan fingerprint density at radius 1 is 1.20 bits per heavy atom. The van der Waals surface area contributed by atoms with Gasteiger partial charge in [0.2, 0.25) is 0 Å². The van der Waals surface area contributed by atoms with Crippen LogP contribution in [0, 0.1) is 5.92 Å². The average molecular weight is 406 g/mol. The Hall–Kier alpha value is -3.49. The Morgan fingerprint density at radius 3 is 2.87 bits per heavy atom. The fraction of sp³-hybridized carbons (Fsp3) is 0.381. The predicted octanol–water partition coefficient (Wildman–Crippen LogP) is 1.70. The minimum Gasteiger partial charge on any atom is -0.448 e. The van der Waals surface area contributed by atoms with Crippen molar-refractivity contribution < 1.29 is 9.21 Å². The van der Waals surface area contributed by atoms with E-state index in [0.717, 1.165) is 12.1 Å². The Bertz CT molecular complexity index is 1180. The highest BCUT2D eigenvalue weighted by molar-refractivity contribution is 5.93. The summed E-state index contributed by atoms with van der Waals surface area (Å²) < 4.78 is 7.18. The molecule has 3 aromatic rings. The maximum Gasteiger partial charge on any atom is 0.276 e. The highest BCUT2D eigenvalue weighted by Crippen LogP contribution is 2.37. The van der Waals surface area contributed by atoms with Crippen molar-refractivity contribution in [2.75, 3.05) is 18.8 Å². The van der Waals surface area contributed by atoms with Crippen LogP contribution in [0.5, 0.6) is 0 Å². The number of carbonyl (C=O) groups is 1. The second-order valence-corrected chi connectivity index (χ2v) is 7.93. The van der Waals surface area contributed by atoms with Crippen molar-refractivity contribution in [1.29, 1.82) is 0 Å². The Labute approximate surface area is 172 Å². The Balaban J connectivity index is 1.49. The van der Waals surface area contributed by atoms with E-state index in [-0.39, 0.29) is 23.3 Å². The fourth-order valence-electron chi connectivity index (χ4n) is 4.65. The molecule has 5 heterocycles. The van der Waals surface area contributed by atoms with Gasteiger partial charge in [0.05, 0.1) is 5.69 Å². The molecule has 1 saturated heterocycles. The molecule has 5 rings (SSSR count). The number of aryl methyl sites for hydroxylation is 1. The molecule has 154 valence electrons. The second-order valence-electron chi connectivity index (χ2n) is 7.93. The van der Waals surface area contributed by atoms with Crippen LogP contribution in [0.25, 0.3) is 11.3 Å². The van der Waals surface area contributed by atoms with E-state index in [4.69, 9.17) is 10.2 Å². The van der Waals surface area contributed by atoms with Crippen LogP contribution >= 0.6 is 0 Å². The fourth-order valence-corrected chi connectivity index (χ4v) is 4.65. The molecule has 2 N–H and O–H groups in total. The number of amides is 1. The zero-order valence-corrected chi connectivity index (χ0v) is 16.6. The molecule has 9 nitrogen and oxygen atoms in total. The number of anilines is 1. The lowest BCUT2D eigenvalue weighted by Crippen LogP contribution is -2.49. The Kier molecular flexibility index (Phi) is 4.38. The molecule has 2 atom stereocenters. The zero-order valence-electron chi connectivity index (χ0n) is 16.6. The van der Waals surface area contributed by atoms with Gasteiger partial charge in [-0.2, -0.15) is 0 Å². The van der Waals surface area contributed by atoms with E-state index in [2.05, 4.69) is 15.0 Å². The smallest absolute Gasteiger partial charge is 0.276 e. The van der Waals surface area contributed by atoms with Crippen molar-refractivity contribution in [2.45, 2.75) is 32.2 Å². The molecule has 9 heteroatoms. The number of aromatic nitrogens is 4. The average Bonchev–Trinajstić information content (AvgIpc) is 3.22. The number of nitrogens with two attached hydrogens (primary N) is 1. The molecular weight excluding hydrogens is 384 g/mol. The largest absolute Gasteiger partial charge is 0.448 e. The van der Waals surface area contributed by atoms with Crippen LogP contribution in [-0.2, 0) is 13.0 Å². The van der Waals surface area contributed by atoms with Crippen molar-refractivity contribution >= 4 is 11.7 Å². The first kappa shape index (κ1) is 18.5. The normalized spacial score (nSPS) is 20.1. The molecule has 2 aliphatic rings. The first-order chi connectivity index (χ1) is 14.5. The molecule has 1 amide bonds.